The number of anilines is 1. The van der Waals surface area contributed by atoms with Crippen molar-refractivity contribution in [3.8, 4) is 0 Å². The summed E-state index contributed by atoms with van der Waals surface area (Å²) in [4.78, 5) is 29.2. The summed E-state index contributed by atoms with van der Waals surface area (Å²) in [6, 6.07) is 11.5. The Balaban J connectivity index is 1.41. The molecule has 2 saturated heterocycles. The molecule has 7 heteroatoms. The van der Waals surface area contributed by atoms with E-state index in [1.165, 1.54) is 11.1 Å². The van der Waals surface area contributed by atoms with Crippen LogP contribution in [0.25, 0.3) is 0 Å². The van der Waals surface area contributed by atoms with Gasteiger partial charge in [-0.25, -0.2) is 4.68 Å². The van der Waals surface area contributed by atoms with Crippen LogP contribution in [0, 0.1) is 0 Å². The van der Waals surface area contributed by atoms with E-state index in [0.29, 0.717) is 19.7 Å². The molecule has 1 aromatic carbocycles. The number of nitrogens with zero attached hydrogens (tertiary/aromatic N) is 4. The Morgan fingerprint density at radius 2 is 1.89 bits per heavy atom. The zero-order valence-electron chi connectivity index (χ0n) is 16.0. The normalized spacial score (nSPS) is 20.2. The van der Waals surface area contributed by atoms with Crippen molar-refractivity contribution in [2.45, 2.75) is 31.9 Å². The number of carbonyl (C=O) groups is 1. The van der Waals surface area contributed by atoms with Crippen LogP contribution in [-0.4, -0.2) is 53.4 Å². The molecule has 4 rings (SSSR count). The number of amides is 1. The Kier molecular flexibility index (Phi) is 5.71. The standard InChI is InChI=1S/C21H26N4O3/c26-20-13-18(23-9-5-2-6-10-23)14-22-25(20)16-21(27)24-11-12-28-19(15-24)17-7-3-1-4-8-17/h1,3-4,7-8,13-14,19H,2,5-6,9-12,15-16H2/t19-/m1/s1. The minimum absolute atomic E-state index is 0.0410. The first kappa shape index (κ1) is 18.7. The van der Waals surface area contributed by atoms with Crippen LogP contribution in [0.15, 0.2) is 47.4 Å². The number of piperidine rings is 1. The Morgan fingerprint density at radius 1 is 1.11 bits per heavy atom. The summed E-state index contributed by atoms with van der Waals surface area (Å²) >= 11 is 0. The van der Waals surface area contributed by atoms with E-state index >= 15 is 0 Å². The van der Waals surface area contributed by atoms with E-state index in [1.54, 1.807) is 17.2 Å². The molecule has 0 N–H and O–H groups in total. The van der Waals surface area contributed by atoms with E-state index < -0.39 is 0 Å². The smallest absolute Gasteiger partial charge is 0.269 e. The summed E-state index contributed by atoms with van der Waals surface area (Å²) in [5, 5.41) is 4.25. The van der Waals surface area contributed by atoms with Crippen LogP contribution in [-0.2, 0) is 16.1 Å². The minimum atomic E-state index is -0.232. The molecule has 1 aromatic heterocycles. The molecule has 0 radical (unpaired) electrons. The van der Waals surface area contributed by atoms with Gasteiger partial charge in [0.15, 0.2) is 0 Å². The Labute approximate surface area is 164 Å². The second kappa shape index (κ2) is 8.56. The maximum absolute atomic E-state index is 12.7. The Bertz CT molecular complexity index is 861. The van der Waals surface area contributed by atoms with Crippen molar-refractivity contribution in [3.63, 3.8) is 0 Å². The summed E-state index contributed by atoms with van der Waals surface area (Å²) < 4.78 is 7.07. The number of hydrogen-bond acceptors (Lipinski definition) is 5. The van der Waals surface area contributed by atoms with E-state index in [2.05, 4.69) is 10.00 Å². The van der Waals surface area contributed by atoms with Gasteiger partial charge in [0.05, 0.1) is 25.0 Å². The van der Waals surface area contributed by atoms with Crippen molar-refractivity contribution in [3.05, 3.63) is 58.5 Å². The molecule has 0 unspecified atom stereocenters. The van der Waals surface area contributed by atoms with Gasteiger partial charge in [-0.2, -0.15) is 5.10 Å². The van der Waals surface area contributed by atoms with Gasteiger partial charge in [-0.1, -0.05) is 30.3 Å². The number of morpholine rings is 1. The van der Waals surface area contributed by atoms with Gasteiger partial charge < -0.3 is 14.5 Å². The highest BCUT2D eigenvalue weighted by Gasteiger charge is 2.26. The fourth-order valence-electron chi connectivity index (χ4n) is 3.84. The molecular weight excluding hydrogens is 356 g/mol. The van der Waals surface area contributed by atoms with Crippen LogP contribution >= 0.6 is 0 Å². The molecule has 1 amide bonds. The van der Waals surface area contributed by atoms with Gasteiger partial charge in [0.1, 0.15) is 12.6 Å². The first-order valence-electron chi connectivity index (χ1n) is 9.97. The van der Waals surface area contributed by atoms with Gasteiger partial charge in [-0.15, -0.1) is 0 Å². The average Bonchev–Trinajstić information content (AvgIpc) is 2.76. The topological polar surface area (TPSA) is 67.7 Å². The number of hydrogen-bond donors (Lipinski definition) is 0. The molecule has 0 bridgehead atoms. The number of carbonyl (C=O) groups excluding carboxylic acids is 1. The number of rotatable bonds is 4. The highest BCUT2D eigenvalue weighted by atomic mass is 16.5. The van der Waals surface area contributed by atoms with E-state index in [9.17, 15) is 9.59 Å². The second-order valence-corrected chi connectivity index (χ2v) is 7.37. The lowest BCUT2D eigenvalue weighted by Crippen LogP contribution is -2.45. The van der Waals surface area contributed by atoms with Gasteiger partial charge in [-0.3, -0.25) is 9.59 Å². The summed E-state index contributed by atoms with van der Waals surface area (Å²) in [5.41, 5.74) is 1.68. The van der Waals surface area contributed by atoms with Crippen molar-refractivity contribution in [2.24, 2.45) is 0 Å². The molecule has 28 heavy (non-hydrogen) atoms. The number of aromatic nitrogens is 2. The monoisotopic (exact) mass is 382 g/mol. The SMILES string of the molecule is O=C(Cn1ncc(N2CCCCC2)cc1=O)N1CCO[C@@H](c2ccccc2)C1. The summed E-state index contributed by atoms with van der Waals surface area (Å²) in [7, 11) is 0. The van der Waals surface area contributed by atoms with Crippen LogP contribution < -0.4 is 10.5 Å². The largest absolute Gasteiger partial charge is 0.370 e. The summed E-state index contributed by atoms with van der Waals surface area (Å²) in [5.74, 6) is -0.107. The van der Waals surface area contributed by atoms with Crippen molar-refractivity contribution >= 4 is 11.6 Å². The molecule has 2 aliphatic rings. The lowest BCUT2D eigenvalue weighted by molar-refractivity contribution is -0.139. The maximum atomic E-state index is 12.7. The van der Waals surface area contributed by atoms with Crippen LogP contribution in [0.3, 0.4) is 0 Å². The van der Waals surface area contributed by atoms with Crippen LogP contribution in [0.5, 0.6) is 0 Å². The van der Waals surface area contributed by atoms with E-state index in [4.69, 9.17) is 4.74 Å². The maximum Gasteiger partial charge on any atom is 0.269 e. The molecule has 2 fully saturated rings. The van der Waals surface area contributed by atoms with Gasteiger partial charge in [-0.05, 0) is 24.8 Å². The molecular formula is C21H26N4O3. The molecule has 3 heterocycles. The second-order valence-electron chi connectivity index (χ2n) is 7.37. The minimum Gasteiger partial charge on any atom is -0.370 e. The number of ether oxygens (including phenoxy) is 1. The highest BCUT2D eigenvalue weighted by Crippen LogP contribution is 2.22. The predicted molar refractivity (Wildman–Crippen MR) is 106 cm³/mol. The fourth-order valence-corrected chi connectivity index (χ4v) is 3.84. The molecule has 0 aliphatic carbocycles. The number of benzene rings is 1. The average molecular weight is 382 g/mol. The van der Waals surface area contributed by atoms with Crippen LogP contribution in [0.2, 0.25) is 0 Å². The third kappa shape index (κ3) is 4.25. The van der Waals surface area contributed by atoms with Gasteiger partial charge in [0.2, 0.25) is 5.91 Å². The predicted octanol–water partition coefficient (Wildman–Crippen LogP) is 1.83. The Morgan fingerprint density at radius 3 is 2.64 bits per heavy atom. The van der Waals surface area contributed by atoms with Crippen molar-refractivity contribution in [2.75, 3.05) is 37.7 Å². The lowest BCUT2D eigenvalue weighted by Gasteiger charge is -2.33. The van der Waals surface area contributed by atoms with Crippen LogP contribution in [0.4, 0.5) is 5.69 Å². The van der Waals surface area contributed by atoms with E-state index in [0.717, 1.165) is 37.2 Å². The molecule has 1 atom stereocenters. The molecule has 148 valence electrons. The third-order valence-electron chi connectivity index (χ3n) is 5.45. The van der Waals surface area contributed by atoms with E-state index in [1.807, 2.05) is 30.3 Å². The third-order valence-corrected chi connectivity index (χ3v) is 5.45. The summed E-state index contributed by atoms with van der Waals surface area (Å²) in [6.45, 7) is 3.38. The summed E-state index contributed by atoms with van der Waals surface area (Å²) in [6.07, 6.45) is 5.08. The molecule has 7 nitrogen and oxygen atoms in total. The first-order valence-corrected chi connectivity index (χ1v) is 9.97. The zero-order chi connectivity index (χ0) is 19.3. The molecule has 2 aromatic rings. The van der Waals surface area contributed by atoms with Gasteiger partial charge in [0, 0.05) is 25.7 Å². The van der Waals surface area contributed by atoms with Crippen molar-refractivity contribution in [1.29, 1.82) is 0 Å². The fraction of sp³-hybridized carbons (Fsp3) is 0.476. The Hall–Kier alpha value is -2.67. The molecule has 0 spiro atoms. The van der Waals surface area contributed by atoms with Crippen molar-refractivity contribution < 1.29 is 9.53 Å². The lowest BCUT2D eigenvalue weighted by atomic mass is 10.1. The highest BCUT2D eigenvalue weighted by molar-refractivity contribution is 5.76. The van der Waals surface area contributed by atoms with Gasteiger partial charge in [0.25, 0.3) is 5.56 Å². The zero-order valence-corrected chi connectivity index (χ0v) is 16.0. The quantitative estimate of drug-likeness (QED) is 0.807. The first-order chi connectivity index (χ1) is 13.7. The molecule has 2 aliphatic heterocycles. The van der Waals surface area contributed by atoms with E-state index in [-0.39, 0.29) is 24.1 Å². The van der Waals surface area contributed by atoms with Gasteiger partial charge >= 0.3 is 0 Å². The molecule has 0 saturated carbocycles. The van der Waals surface area contributed by atoms with Crippen LogP contribution in [0.1, 0.15) is 30.9 Å². The van der Waals surface area contributed by atoms with Crippen molar-refractivity contribution in [1.82, 2.24) is 14.7 Å².